The Kier molecular flexibility index (Phi) is 3.20. The van der Waals surface area contributed by atoms with E-state index in [0.717, 1.165) is 22.0 Å². The van der Waals surface area contributed by atoms with Gasteiger partial charge in [0.15, 0.2) is 0 Å². The quantitative estimate of drug-likeness (QED) is 0.608. The molecule has 0 saturated carbocycles. The third kappa shape index (κ3) is 2.32. The van der Waals surface area contributed by atoms with Crippen LogP contribution in [-0.4, -0.2) is 14.5 Å². The highest BCUT2D eigenvalue weighted by Gasteiger charge is 2.11. The van der Waals surface area contributed by atoms with Crippen LogP contribution in [-0.2, 0) is 6.54 Å². The van der Waals surface area contributed by atoms with E-state index in [0.29, 0.717) is 22.6 Å². The van der Waals surface area contributed by atoms with Crippen LogP contribution in [0.4, 0.5) is 0 Å². The first-order valence-electron chi connectivity index (χ1n) is 7.34. The minimum Gasteiger partial charge on any atom is -0.349 e. The number of H-pyrrole nitrogens is 1. The lowest BCUT2D eigenvalue weighted by Crippen LogP contribution is -2.21. The number of rotatable bonds is 2. The number of aromatic amines is 1. The van der Waals surface area contributed by atoms with Crippen molar-refractivity contribution in [1.82, 2.24) is 14.5 Å². The summed E-state index contributed by atoms with van der Waals surface area (Å²) < 4.78 is 1.58. The van der Waals surface area contributed by atoms with Crippen molar-refractivity contribution in [3.05, 3.63) is 75.3 Å². The van der Waals surface area contributed by atoms with Crippen LogP contribution in [0, 0.1) is 6.92 Å². The van der Waals surface area contributed by atoms with Crippen molar-refractivity contribution in [2.75, 3.05) is 0 Å². The van der Waals surface area contributed by atoms with Crippen LogP contribution >= 0.6 is 11.6 Å². The Morgan fingerprint density at radius 1 is 1.22 bits per heavy atom. The fourth-order valence-electron chi connectivity index (χ4n) is 2.83. The second-order valence-electron chi connectivity index (χ2n) is 5.67. The van der Waals surface area contributed by atoms with Gasteiger partial charge in [0.1, 0.15) is 11.0 Å². The van der Waals surface area contributed by atoms with E-state index in [1.54, 1.807) is 10.9 Å². The largest absolute Gasteiger partial charge is 0.349 e. The number of fused-ring (bicyclic) bond motifs is 3. The van der Waals surface area contributed by atoms with Crippen LogP contribution in [0.15, 0.2) is 53.6 Å². The lowest BCUT2D eigenvalue weighted by atomic mass is 10.2. The zero-order chi connectivity index (χ0) is 16.0. The second-order valence-corrected chi connectivity index (χ2v) is 6.07. The minimum atomic E-state index is -0.0937. The van der Waals surface area contributed by atoms with Gasteiger partial charge in [-0.15, -0.1) is 0 Å². The number of halogens is 1. The molecule has 2 heterocycles. The van der Waals surface area contributed by atoms with Gasteiger partial charge in [0.2, 0.25) is 0 Å². The number of hydrogen-bond donors (Lipinski definition) is 1. The maximum absolute atomic E-state index is 12.7. The molecule has 0 bridgehead atoms. The normalized spacial score (nSPS) is 11.4. The molecule has 0 aliphatic carbocycles. The van der Waals surface area contributed by atoms with Crippen molar-refractivity contribution in [2.24, 2.45) is 0 Å². The lowest BCUT2D eigenvalue weighted by molar-refractivity contribution is 0.747. The Morgan fingerprint density at radius 3 is 2.87 bits per heavy atom. The van der Waals surface area contributed by atoms with Crippen LogP contribution in [0.25, 0.3) is 21.9 Å². The third-order valence-corrected chi connectivity index (χ3v) is 4.39. The predicted octanol–water partition coefficient (Wildman–Crippen LogP) is 3.89. The summed E-state index contributed by atoms with van der Waals surface area (Å²) in [5.74, 6) is 0. The molecule has 0 radical (unpaired) electrons. The Morgan fingerprint density at radius 2 is 2.04 bits per heavy atom. The zero-order valence-corrected chi connectivity index (χ0v) is 13.3. The average molecular weight is 324 g/mol. The number of hydrogen-bond acceptors (Lipinski definition) is 2. The molecule has 0 aliphatic rings. The molecule has 1 N–H and O–H groups in total. The highest BCUT2D eigenvalue weighted by atomic mass is 35.5. The van der Waals surface area contributed by atoms with E-state index in [4.69, 9.17) is 11.6 Å². The maximum atomic E-state index is 12.7. The molecule has 114 valence electrons. The molecule has 4 nitrogen and oxygen atoms in total. The molecule has 0 unspecified atom stereocenters. The molecule has 2 aromatic carbocycles. The first-order valence-corrected chi connectivity index (χ1v) is 7.72. The van der Waals surface area contributed by atoms with Crippen LogP contribution < -0.4 is 5.56 Å². The SMILES string of the molecule is Cc1ccc2c(c1)[nH]c1c(=O)n(Cc3ccccc3Cl)cnc12. The van der Waals surface area contributed by atoms with E-state index >= 15 is 0 Å². The van der Waals surface area contributed by atoms with Gasteiger partial charge in [-0.25, -0.2) is 4.98 Å². The first kappa shape index (κ1) is 14.0. The van der Waals surface area contributed by atoms with Gasteiger partial charge >= 0.3 is 0 Å². The number of aromatic nitrogens is 3. The number of nitrogens with one attached hydrogen (secondary N) is 1. The smallest absolute Gasteiger partial charge is 0.277 e. The summed E-state index contributed by atoms with van der Waals surface area (Å²) in [7, 11) is 0. The molecular weight excluding hydrogens is 310 g/mol. The highest BCUT2D eigenvalue weighted by Crippen LogP contribution is 2.22. The Bertz CT molecular complexity index is 1090. The summed E-state index contributed by atoms with van der Waals surface area (Å²) in [6.07, 6.45) is 1.58. The number of nitrogens with zero attached hydrogens (tertiary/aromatic N) is 2. The van der Waals surface area contributed by atoms with Gasteiger partial charge in [0, 0.05) is 15.9 Å². The van der Waals surface area contributed by atoms with Gasteiger partial charge in [-0.3, -0.25) is 9.36 Å². The van der Waals surface area contributed by atoms with E-state index in [-0.39, 0.29) is 5.56 Å². The summed E-state index contributed by atoms with van der Waals surface area (Å²) in [6, 6.07) is 13.5. The Balaban J connectivity index is 1.89. The van der Waals surface area contributed by atoms with Gasteiger partial charge < -0.3 is 4.98 Å². The van der Waals surface area contributed by atoms with E-state index in [1.165, 1.54) is 0 Å². The molecular formula is C18H14ClN3O. The number of benzene rings is 2. The Hall–Kier alpha value is -2.59. The maximum Gasteiger partial charge on any atom is 0.277 e. The van der Waals surface area contributed by atoms with Gasteiger partial charge in [-0.1, -0.05) is 41.9 Å². The molecule has 0 spiro atoms. The topological polar surface area (TPSA) is 50.7 Å². The average Bonchev–Trinajstić information content (AvgIpc) is 2.90. The van der Waals surface area contributed by atoms with E-state index < -0.39 is 0 Å². The summed E-state index contributed by atoms with van der Waals surface area (Å²) >= 11 is 6.18. The summed E-state index contributed by atoms with van der Waals surface area (Å²) in [4.78, 5) is 20.4. The Labute approximate surface area is 137 Å². The molecule has 4 rings (SSSR count). The molecule has 23 heavy (non-hydrogen) atoms. The standard InChI is InChI=1S/C18H14ClN3O/c1-11-6-7-13-15(8-11)21-17-16(13)20-10-22(18(17)23)9-12-4-2-3-5-14(12)19/h2-8,10,21H,9H2,1H3. The highest BCUT2D eigenvalue weighted by molar-refractivity contribution is 6.31. The van der Waals surface area contributed by atoms with Crippen LogP contribution in [0.2, 0.25) is 5.02 Å². The molecule has 0 fully saturated rings. The van der Waals surface area contributed by atoms with Crippen molar-refractivity contribution in [1.29, 1.82) is 0 Å². The van der Waals surface area contributed by atoms with Crippen molar-refractivity contribution >= 4 is 33.5 Å². The zero-order valence-electron chi connectivity index (χ0n) is 12.5. The van der Waals surface area contributed by atoms with Crippen LogP contribution in [0.3, 0.4) is 0 Å². The summed E-state index contributed by atoms with van der Waals surface area (Å²) in [5.41, 5.74) is 4.11. The molecule has 2 aromatic heterocycles. The van der Waals surface area contributed by atoms with E-state index in [9.17, 15) is 4.79 Å². The predicted molar refractivity (Wildman–Crippen MR) is 93.2 cm³/mol. The lowest BCUT2D eigenvalue weighted by Gasteiger charge is -2.06. The fraction of sp³-hybridized carbons (Fsp3) is 0.111. The van der Waals surface area contributed by atoms with Gasteiger partial charge in [-0.05, 0) is 30.2 Å². The molecule has 0 saturated heterocycles. The molecule has 0 atom stereocenters. The molecule has 0 amide bonds. The van der Waals surface area contributed by atoms with Crippen LogP contribution in [0.5, 0.6) is 0 Å². The number of aryl methyl sites for hydroxylation is 1. The first-order chi connectivity index (χ1) is 11.1. The van der Waals surface area contributed by atoms with Crippen molar-refractivity contribution in [2.45, 2.75) is 13.5 Å². The second kappa shape index (κ2) is 5.25. The minimum absolute atomic E-state index is 0.0937. The van der Waals surface area contributed by atoms with Gasteiger partial charge in [-0.2, -0.15) is 0 Å². The van der Waals surface area contributed by atoms with E-state index in [2.05, 4.69) is 9.97 Å². The van der Waals surface area contributed by atoms with E-state index in [1.807, 2.05) is 49.4 Å². The monoisotopic (exact) mass is 323 g/mol. The van der Waals surface area contributed by atoms with Crippen molar-refractivity contribution in [3.8, 4) is 0 Å². The summed E-state index contributed by atoms with van der Waals surface area (Å²) in [5, 5.41) is 1.61. The van der Waals surface area contributed by atoms with Gasteiger partial charge in [0.05, 0.1) is 12.9 Å². The molecule has 4 aromatic rings. The third-order valence-electron chi connectivity index (χ3n) is 4.03. The molecule has 0 aliphatic heterocycles. The van der Waals surface area contributed by atoms with Gasteiger partial charge in [0.25, 0.3) is 5.56 Å². The van der Waals surface area contributed by atoms with Crippen molar-refractivity contribution in [3.63, 3.8) is 0 Å². The fourth-order valence-corrected chi connectivity index (χ4v) is 3.03. The van der Waals surface area contributed by atoms with Crippen molar-refractivity contribution < 1.29 is 0 Å². The molecule has 5 heteroatoms. The summed E-state index contributed by atoms with van der Waals surface area (Å²) in [6.45, 7) is 2.42. The van der Waals surface area contributed by atoms with Crippen LogP contribution in [0.1, 0.15) is 11.1 Å².